The highest BCUT2D eigenvalue weighted by Crippen LogP contribution is 2.22. The summed E-state index contributed by atoms with van der Waals surface area (Å²) < 4.78 is 27.3. The number of aromatic nitrogens is 1. The Kier molecular flexibility index (Phi) is 6.00. The van der Waals surface area contributed by atoms with Crippen molar-refractivity contribution in [3.63, 3.8) is 0 Å². The molecule has 0 amide bonds. The molecule has 0 spiro atoms. The fraction of sp³-hybridized carbons (Fsp3) is 0.538. The molecule has 0 atom stereocenters. The van der Waals surface area contributed by atoms with Crippen molar-refractivity contribution in [1.82, 2.24) is 4.98 Å². The van der Waals surface area contributed by atoms with E-state index in [2.05, 4.69) is 10.3 Å². The van der Waals surface area contributed by atoms with Gasteiger partial charge in [0.05, 0.1) is 12.5 Å². The van der Waals surface area contributed by atoms with Crippen LogP contribution in [0.15, 0.2) is 6.07 Å². The third-order valence-corrected chi connectivity index (χ3v) is 2.63. The maximum absolute atomic E-state index is 13.8. The molecule has 0 unspecified atom stereocenters. The van der Waals surface area contributed by atoms with Crippen LogP contribution in [0.5, 0.6) is 0 Å². The smallest absolute Gasteiger partial charge is 0.168 e. The highest BCUT2D eigenvalue weighted by molar-refractivity contribution is 5.49. The molecule has 0 saturated heterocycles. The standard InChI is InChI=1S/C13H18F2N4/c1-3-7-17-12-10(14)9-11(15)13(18-12)19(4-2)8-5-6-16/h9H,3-5,7-8H2,1-2H3,(H,17,18). The lowest BCUT2D eigenvalue weighted by molar-refractivity contribution is 0.570. The first-order chi connectivity index (χ1) is 9.13. The minimum Gasteiger partial charge on any atom is -0.368 e. The second kappa shape index (κ2) is 7.52. The predicted molar refractivity (Wildman–Crippen MR) is 71.1 cm³/mol. The van der Waals surface area contributed by atoms with E-state index in [1.165, 1.54) is 0 Å². The van der Waals surface area contributed by atoms with E-state index in [0.717, 1.165) is 12.5 Å². The summed E-state index contributed by atoms with van der Waals surface area (Å²) in [6, 6.07) is 2.83. The Morgan fingerprint density at radius 3 is 2.68 bits per heavy atom. The second-order valence-electron chi connectivity index (χ2n) is 4.04. The van der Waals surface area contributed by atoms with Crippen molar-refractivity contribution in [2.45, 2.75) is 26.7 Å². The maximum atomic E-state index is 13.8. The van der Waals surface area contributed by atoms with Gasteiger partial charge in [-0.25, -0.2) is 13.8 Å². The van der Waals surface area contributed by atoms with Crippen molar-refractivity contribution in [3.8, 4) is 6.07 Å². The van der Waals surface area contributed by atoms with Gasteiger partial charge in [-0.05, 0) is 13.3 Å². The molecule has 0 saturated carbocycles. The van der Waals surface area contributed by atoms with Crippen LogP contribution < -0.4 is 10.2 Å². The van der Waals surface area contributed by atoms with Crippen LogP contribution in [0.25, 0.3) is 0 Å². The van der Waals surface area contributed by atoms with Crippen LogP contribution in [0, 0.1) is 23.0 Å². The highest BCUT2D eigenvalue weighted by atomic mass is 19.1. The minimum absolute atomic E-state index is 0.0497. The third-order valence-electron chi connectivity index (χ3n) is 2.63. The molecular weight excluding hydrogens is 250 g/mol. The molecule has 1 heterocycles. The van der Waals surface area contributed by atoms with Gasteiger partial charge in [-0.3, -0.25) is 0 Å². The van der Waals surface area contributed by atoms with Crippen LogP contribution in [-0.4, -0.2) is 24.6 Å². The van der Waals surface area contributed by atoms with Gasteiger partial charge in [0, 0.05) is 25.7 Å². The molecule has 0 aliphatic carbocycles. The number of pyridine rings is 1. The number of hydrogen-bond acceptors (Lipinski definition) is 4. The summed E-state index contributed by atoms with van der Waals surface area (Å²) in [7, 11) is 0. The van der Waals surface area contributed by atoms with Gasteiger partial charge < -0.3 is 10.2 Å². The summed E-state index contributed by atoms with van der Waals surface area (Å²) >= 11 is 0. The number of nitriles is 1. The lowest BCUT2D eigenvalue weighted by atomic mass is 10.3. The fourth-order valence-corrected chi connectivity index (χ4v) is 1.64. The summed E-state index contributed by atoms with van der Waals surface area (Å²) in [5, 5.41) is 11.4. The Hall–Kier alpha value is -1.90. The fourth-order valence-electron chi connectivity index (χ4n) is 1.64. The number of rotatable bonds is 7. The van der Waals surface area contributed by atoms with Crippen molar-refractivity contribution in [3.05, 3.63) is 17.7 Å². The summed E-state index contributed by atoms with van der Waals surface area (Å²) in [6.07, 6.45) is 1.09. The van der Waals surface area contributed by atoms with E-state index in [-0.39, 0.29) is 18.1 Å². The Morgan fingerprint density at radius 2 is 2.11 bits per heavy atom. The predicted octanol–water partition coefficient (Wildman–Crippen LogP) is 2.92. The van der Waals surface area contributed by atoms with E-state index in [1.807, 2.05) is 19.9 Å². The number of nitrogens with zero attached hydrogens (tertiary/aromatic N) is 3. The monoisotopic (exact) mass is 268 g/mol. The summed E-state index contributed by atoms with van der Waals surface area (Å²) in [6.45, 7) is 5.22. The number of nitrogens with one attached hydrogen (secondary N) is 1. The van der Waals surface area contributed by atoms with E-state index in [4.69, 9.17) is 5.26 Å². The number of halogens is 2. The van der Waals surface area contributed by atoms with Gasteiger partial charge in [-0.1, -0.05) is 6.92 Å². The van der Waals surface area contributed by atoms with Crippen LogP contribution in [-0.2, 0) is 0 Å². The quantitative estimate of drug-likeness (QED) is 0.826. The van der Waals surface area contributed by atoms with Crippen LogP contribution in [0.2, 0.25) is 0 Å². The van der Waals surface area contributed by atoms with Crippen LogP contribution in [0.3, 0.4) is 0 Å². The van der Waals surface area contributed by atoms with E-state index >= 15 is 0 Å². The Morgan fingerprint density at radius 1 is 1.37 bits per heavy atom. The molecule has 1 aromatic heterocycles. The van der Waals surface area contributed by atoms with Crippen molar-refractivity contribution in [1.29, 1.82) is 5.26 Å². The van der Waals surface area contributed by atoms with Gasteiger partial charge in [-0.15, -0.1) is 0 Å². The number of anilines is 2. The van der Waals surface area contributed by atoms with Crippen molar-refractivity contribution in [2.75, 3.05) is 29.9 Å². The average Bonchev–Trinajstić information content (AvgIpc) is 2.40. The van der Waals surface area contributed by atoms with Crippen molar-refractivity contribution < 1.29 is 8.78 Å². The van der Waals surface area contributed by atoms with Gasteiger partial charge >= 0.3 is 0 Å². The molecule has 6 heteroatoms. The van der Waals surface area contributed by atoms with Gasteiger partial charge in [0.2, 0.25) is 0 Å². The molecule has 19 heavy (non-hydrogen) atoms. The average molecular weight is 268 g/mol. The van der Waals surface area contributed by atoms with Crippen LogP contribution in [0.4, 0.5) is 20.4 Å². The molecule has 0 radical (unpaired) electrons. The van der Waals surface area contributed by atoms with Crippen LogP contribution in [0.1, 0.15) is 26.7 Å². The van der Waals surface area contributed by atoms with Gasteiger partial charge in [0.15, 0.2) is 23.3 Å². The molecular formula is C13H18F2N4. The molecule has 0 fully saturated rings. The number of hydrogen-bond donors (Lipinski definition) is 1. The van der Waals surface area contributed by atoms with Crippen molar-refractivity contribution >= 4 is 11.6 Å². The summed E-state index contributed by atoms with van der Waals surface area (Å²) in [4.78, 5) is 5.61. The molecule has 1 aromatic rings. The lowest BCUT2D eigenvalue weighted by Gasteiger charge is -2.22. The van der Waals surface area contributed by atoms with E-state index in [1.54, 1.807) is 4.90 Å². The van der Waals surface area contributed by atoms with Gasteiger partial charge in [-0.2, -0.15) is 5.26 Å². The molecule has 0 bridgehead atoms. The SMILES string of the molecule is CCCNc1nc(N(CC)CCC#N)c(F)cc1F. The molecule has 1 N–H and O–H groups in total. The zero-order chi connectivity index (χ0) is 14.3. The Labute approximate surface area is 112 Å². The summed E-state index contributed by atoms with van der Waals surface area (Å²) in [5.74, 6) is -1.28. The molecule has 0 aromatic carbocycles. The Bertz CT molecular complexity index is 457. The first-order valence-electron chi connectivity index (χ1n) is 6.35. The lowest BCUT2D eigenvalue weighted by Crippen LogP contribution is -2.26. The molecule has 0 aliphatic rings. The first kappa shape index (κ1) is 15.2. The molecule has 4 nitrogen and oxygen atoms in total. The normalized spacial score (nSPS) is 10.1. The zero-order valence-electron chi connectivity index (χ0n) is 11.2. The molecule has 1 rings (SSSR count). The Balaban J connectivity index is 3.01. The topological polar surface area (TPSA) is 52.0 Å². The molecule has 0 aliphatic heterocycles. The first-order valence-corrected chi connectivity index (χ1v) is 6.35. The van der Waals surface area contributed by atoms with E-state index in [0.29, 0.717) is 19.6 Å². The van der Waals surface area contributed by atoms with Crippen LogP contribution >= 0.6 is 0 Å². The zero-order valence-corrected chi connectivity index (χ0v) is 11.2. The summed E-state index contributed by atoms with van der Waals surface area (Å²) in [5.41, 5.74) is 0. The largest absolute Gasteiger partial charge is 0.368 e. The highest BCUT2D eigenvalue weighted by Gasteiger charge is 2.16. The van der Waals surface area contributed by atoms with E-state index in [9.17, 15) is 8.78 Å². The third kappa shape index (κ3) is 4.05. The van der Waals surface area contributed by atoms with Gasteiger partial charge in [0.25, 0.3) is 0 Å². The minimum atomic E-state index is -0.709. The van der Waals surface area contributed by atoms with Gasteiger partial charge in [0.1, 0.15) is 0 Å². The maximum Gasteiger partial charge on any atom is 0.168 e. The molecule has 104 valence electrons. The second-order valence-corrected chi connectivity index (χ2v) is 4.04. The van der Waals surface area contributed by atoms with E-state index < -0.39 is 11.6 Å². The van der Waals surface area contributed by atoms with Crippen molar-refractivity contribution in [2.24, 2.45) is 0 Å².